The quantitative estimate of drug-likeness (QED) is 0.251. The van der Waals surface area contributed by atoms with Crippen molar-refractivity contribution in [3.8, 4) is 11.8 Å². The molecule has 1 aromatic rings. The fraction of sp³-hybridized carbons (Fsp3) is 0.579. The molecule has 22 heavy (non-hydrogen) atoms. The molecule has 0 aliphatic rings. The number of hydrogen-bond acceptors (Lipinski definition) is 2. The van der Waals surface area contributed by atoms with Crippen LogP contribution in [0.5, 0.6) is 0 Å². The van der Waals surface area contributed by atoms with Crippen molar-refractivity contribution in [3.05, 3.63) is 39.4 Å². The first-order chi connectivity index (χ1) is 10.6. The largest absolute Gasteiger partial charge is 0.270 e. The van der Waals surface area contributed by atoms with E-state index in [1.54, 1.807) is 12.1 Å². The van der Waals surface area contributed by atoms with Gasteiger partial charge in [0.15, 0.2) is 0 Å². The van der Waals surface area contributed by atoms with Crippen LogP contribution in [0.2, 0.25) is 0 Å². The number of benzene rings is 1. The highest BCUT2D eigenvalue weighted by molar-refractivity contribution is 5.48. The highest BCUT2D eigenvalue weighted by Gasteiger charge is 2.06. The van der Waals surface area contributed by atoms with Crippen LogP contribution in [0.4, 0.5) is 5.69 Å². The van der Waals surface area contributed by atoms with Crippen LogP contribution in [0.25, 0.3) is 0 Å². The SMILES string of the molecule is CCCCCCCCCCC#Cc1cc([N+](=O)[O-])ccc1C. The first-order valence-electron chi connectivity index (χ1n) is 8.39. The Kier molecular flexibility index (Phi) is 8.98. The van der Waals surface area contributed by atoms with Crippen molar-refractivity contribution in [1.82, 2.24) is 0 Å². The average molecular weight is 301 g/mol. The van der Waals surface area contributed by atoms with E-state index < -0.39 is 0 Å². The highest BCUT2D eigenvalue weighted by atomic mass is 16.6. The van der Waals surface area contributed by atoms with E-state index in [0.29, 0.717) is 0 Å². The molecule has 1 rings (SSSR count). The lowest BCUT2D eigenvalue weighted by molar-refractivity contribution is -0.384. The van der Waals surface area contributed by atoms with E-state index in [2.05, 4.69) is 18.8 Å². The van der Waals surface area contributed by atoms with Gasteiger partial charge in [0.1, 0.15) is 0 Å². The predicted octanol–water partition coefficient (Wildman–Crippen LogP) is 5.79. The highest BCUT2D eigenvalue weighted by Crippen LogP contribution is 2.16. The average Bonchev–Trinajstić information content (AvgIpc) is 2.50. The monoisotopic (exact) mass is 301 g/mol. The molecule has 1 aromatic carbocycles. The van der Waals surface area contributed by atoms with Gasteiger partial charge >= 0.3 is 0 Å². The number of aryl methyl sites for hydroxylation is 1. The minimum atomic E-state index is -0.372. The molecule has 0 bridgehead atoms. The standard InChI is InChI=1S/C19H27NO2/c1-3-4-5-6-7-8-9-10-11-12-13-18-16-19(20(21)22)15-14-17(18)2/h14-16H,3-11H2,1-2H3. The Morgan fingerprint density at radius 2 is 1.68 bits per heavy atom. The van der Waals surface area contributed by atoms with E-state index in [9.17, 15) is 10.1 Å². The second kappa shape index (κ2) is 10.8. The number of non-ortho nitro benzene ring substituents is 1. The van der Waals surface area contributed by atoms with E-state index >= 15 is 0 Å². The number of hydrogen-bond donors (Lipinski definition) is 0. The second-order valence-corrected chi connectivity index (χ2v) is 5.78. The van der Waals surface area contributed by atoms with E-state index in [4.69, 9.17) is 0 Å². The molecular weight excluding hydrogens is 274 g/mol. The molecule has 0 heterocycles. The summed E-state index contributed by atoms with van der Waals surface area (Å²) >= 11 is 0. The molecule has 0 saturated carbocycles. The molecule has 0 amide bonds. The maximum absolute atomic E-state index is 10.8. The van der Waals surface area contributed by atoms with E-state index in [1.807, 2.05) is 6.92 Å². The molecule has 0 spiro atoms. The first-order valence-corrected chi connectivity index (χ1v) is 8.39. The normalized spacial score (nSPS) is 10.1. The molecule has 3 heteroatoms. The summed E-state index contributed by atoms with van der Waals surface area (Å²) in [7, 11) is 0. The van der Waals surface area contributed by atoms with Gasteiger partial charge in [-0.05, 0) is 18.9 Å². The molecule has 0 aliphatic carbocycles. The van der Waals surface area contributed by atoms with Gasteiger partial charge in [0.05, 0.1) is 4.92 Å². The summed E-state index contributed by atoms with van der Waals surface area (Å²) in [4.78, 5) is 10.4. The topological polar surface area (TPSA) is 43.1 Å². The number of rotatable bonds is 9. The Bertz CT molecular complexity index is 526. The van der Waals surface area contributed by atoms with Crippen LogP contribution in [-0.4, -0.2) is 4.92 Å². The summed E-state index contributed by atoms with van der Waals surface area (Å²) in [5.41, 5.74) is 1.88. The Labute approximate surface area is 134 Å². The molecule has 0 unspecified atom stereocenters. The molecule has 0 radical (unpaired) electrons. The van der Waals surface area contributed by atoms with Gasteiger partial charge in [-0.2, -0.15) is 0 Å². The summed E-state index contributed by atoms with van der Waals surface area (Å²) in [6.45, 7) is 4.17. The van der Waals surface area contributed by atoms with Crippen LogP contribution in [0, 0.1) is 28.9 Å². The maximum atomic E-state index is 10.8. The van der Waals surface area contributed by atoms with Gasteiger partial charge in [0.2, 0.25) is 0 Å². The Hall–Kier alpha value is -1.82. The van der Waals surface area contributed by atoms with Gasteiger partial charge in [-0.3, -0.25) is 10.1 Å². The van der Waals surface area contributed by atoms with Gasteiger partial charge in [-0.15, -0.1) is 0 Å². The lowest BCUT2D eigenvalue weighted by Gasteiger charge is -1.99. The van der Waals surface area contributed by atoms with Gasteiger partial charge in [0, 0.05) is 24.1 Å². The lowest BCUT2D eigenvalue weighted by atomic mass is 10.1. The summed E-state index contributed by atoms with van der Waals surface area (Å²) in [5.74, 6) is 6.22. The van der Waals surface area contributed by atoms with Crippen LogP contribution < -0.4 is 0 Å². The number of unbranched alkanes of at least 4 members (excludes halogenated alkanes) is 8. The number of nitro benzene ring substituents is 1. The Balaban J connectivity index is 2.27. The molecular formula is C19H27NO2. The summed E-state index contributed by atoms with van der Waals surface area (Å²) in [5, 5.41) is 10.8. The molecule has 0 atom stereocenters. The van der Waals surface area contributed by atoms with Crippen LogP contribution in [0.1, 0.15) is 75.8 Å². The maximum Gasteiger partial charge on any atom is 0.270 e. The minimum Gasteiger partial charge on any atom is -0.258 e. The van der Waals surface area contributed by atoms with Crippen molar-refractivity contribution in [3.63, 3.8) is 0 Å². The van der Waals surface area contributed by atoms with Crippen molar-refractivity contribution < 1.29 is 4.92 Å². The Morgan fingerprint density at radius 1 is 1.05 bits per heavy atom. The minimum absolute atomic E-state index is 0.113. The predicted molar refractivity (Wildman–Crippen MR) is 91.9 cm³/mol. The summed E-state index contributed by atoms with van der Waals surface area (Å²) in [6.07, 6.45) is 11.2. The number of nitro groups is 1. The van der Waals surface area contributed by atoms with E-state index in [-0.39, 0.29) is 10.6 Å². The number of nitrogens with zero attached hydrogens (tertiary/aromatic N) is 1. The molecule has 120 valence electrons. The van der Waals surface area contributed by atoms with Crippen molar-refractivity contribution in [2.75, 3.05) is 0 Å². The molecule has 0 fully saturated rings. The third-order valence-corrected chi connectivity index (χ3v) is 3.81. The summed E-state index contributed by atoms with van der Waals surface area (Å²) < 4.78 is 0. The first kappa shape index (κ1) is 18.2. The zero-order valence-electron chi connectivity index (χ0n) is 13.9. The van der Waals surface area contributed by atoms with Crippen molar-refractivity contribution in [2.24, 2.45) is 0 Å². The van der Waals surface area contributed by atoms with E-state index in [0.717, 1.165) is 24.0 Å². The van der Waals surface area contributed by atoms with Crippen LogP contribution >= 0.6 is 0 Å². The fourth-order valence-corrected chi connectivity index (χ4v) is 2.36. The third kappa shape index (κ3) is 7.26. The van der Waals surface area contributed by atoms with Gasteiger partial charge in [0.25, 0.3) is 5.69 Å². The Morgan fingerprint density at radius 3 is 2.32 bits per heavy atom. The van der Waals surface area contributed by atoms with Crippen molar-refractivity contribution in [1.29, 1.82) is 0 Å². The van der Waals surface area contributed by atoms with Gasteiger partial charge < -0.3 is 0 Å². The molecule has 0 N–H and O–H groups in total. The zero-order valence-corrected chi connectivity index (χ0v) is 13.9. The van der Waals surface area contributed by atoms with Gasteiger partial charge in [-0.25, -0.2) is 0 Å². The fourth-order valence-electron chi connectivity index (χ4n) is 2.36. The van der Waals surface area contributed by atoms with Crippen LogP contribution in [0.15, 0.2) is 18.2 Å². The third-order valence-electron chi connectivity index (χ3n) is 3.81. The molecule has 3 nitrogen and oxygen atoms in total. The molecule has 0 saturated heterocycles. The molecule has 0 aromatic heterocycles. The van der Waals surface area contributed by atoms with Crippen LogP contribution in [0.3, 0.4) is 0 Å². The zero-order chi connectivity index (χ0) is 16.2. The van der Waals surface area contributed by atoms with E-state index in [1.165, 1.54) is 51.0 Å². The smallest absolute Gasteiger partial charge is 0.258 e. The lowest BCUT2D eigenvalue weighted by Crippen LogP contribution is -1.90. The summed E-state index contributed by atoms with van der Waals surface area (Å²) in [6, 6.07) is 4.85. The van der Waals surface area contributed by atoms with Crippen molar-refractivity contribution in [2.45, 2.75) is 71.6 Å². The molecule has 0 aliphatic heterocycles. The van der Waals surface area contributed by atoms with Crippen molar-refractivity contribution >= 4 is 5.69 Å². The van der Waals surface area contributed by atoms with Gasteiger partial charge in [-0.1, -0.05) is 69.8 Å². The second-order valence-electron chi connectivity index (χ2n) is 5.78. The van der Waals surface area contributed by atoms with Crippen LogP contribution in [-0.2, 0) is 0 Å².